The molecule has 0 saturated heterocycles. The fourth-order valence-electron chi connectivity index (χ4n) is 1.87. The lowest BCUT2D eigenvalue weighted by atomic mass is 10.2. The molecule has 0 aromatic carbocycles. The highest BCUT2D eigenvalue weighted by Gasteiger charge is 2.05. The van der Waals surface area contributed by atoms with Crippen molar-refractivity contribution < 1.29 is 0 Å². The van der Waals surface area contributed by atoms with Crippen LogP contribution in [0.1, 0.15) is 43.1 Å². The highest BCUT2D eigenvalue weighted by atomic mass is 15.3. The second kappa shape index (κ2) is 6.69. The maximum atomic E-state index is 4.54. The first-order valence-electron chi connectivity index (χ1n) is 6.38. The maximum absolute atomic E-state index is 4.54. The third kappa shape index (κ3) is 3.63. The van der Waals surface area contributed by atoms with E-state index in [-0.39, 0.29) is 0 Å². The number of aromatic nitrogens is 2. The zero-order chi connectivity index (χ0) is 12.0. The third-order valence-electron chi connectivity index (χ3n) is 3.22. The van der Waals surface area contributed by atoms with Gasteiger partial charge in [-0.25, -0.2) is 0 Å². The van der Waals surface area contributed by atoms with Gasteiger partial charge in [0, 0.05) is 12.2 Å². The van der Waals surface area contributed by atoms with Gasteiger partial charge in [-0.1, -0.05) is 13.3 Å². The lowest BCUT2D eigenvalue weighted by Gasteiger charge is -2.05. The van der Waals surface area contributed by atoms with Crippen molar-refractivity contribution in [3.63, 3.8) is 0 Å². The van der Waals surface area contributed by atoms with Crippen LogP contribution in [-0.2, 0) is 6.54 Å². The molecule has 0 fully saturated rings. The van der Waals surface area contributed by atoms with Crippen LogP contribution in [0.25, 0.3) is 0 Å². The monoisotopic (exact) mass is 223 g/mol. The number of hydrogen-bond acceptors (Lipinski definition) is 2. The predicted octanol–water partition coefficient (Wildman–Crippen LogP) is 2.59. The summed E-state index contributed by atoms with van der Waals surface area (Å²) in [5, 5.41) is 7.89. The van der Waals surface area contributed by atoms with Gasteiger partial charge in [-0.15, -0.1) is 0 Å². The zero-order valence-electron chi connectivity index (χ0n) is 11.1. The largest absolute Gasteiger partial charge is 0.317 e. The molecule has 92 valence electrons. The molecule has 16 heavy (non-hydrogen) atoms. The first-order chi connectivity index (χ1) is 7.66. The number of aryl methyl sites for hydroxylation is 2. The number of rotatable bonds is 7. The molecule has 0 bridgehead atoms. The molecule has 0 saturated carbocycles. The molecule has 0 aliphatic carbocycles. The minimum Gasteiger partial charge on any atom is -0.317 e. The number of nitrogens with zero attached hydrogens (tertiary/aromatic N) is 2. The van der Waals surface area contributed by atoms with Crippen LogP contribution in [0.4, 0.5) is 0 Å². The Hall–Kier alpha value is -0.830. The Labute approximate surface area is 99.2 Å². The Morgan fingerprint density at radius 2 is 1.88 bits per heavy atom. The van der Waals surface area contributed by atoms with E-state index in [2.05, 4.69) is 42.8 Å². The summed E-state index contributed by atoms with van der Waals surface area (Å²) in [6, 6.07) is 0. The van der Waals surface area contributed by atoms with Crippen LogP contribution < -0.4 is 5.32 Å². The Kier molecular flexibility index (Phi) is 5.53. The second-order valence-electron chi connectivity index (χ2n) is 4.43. The molecular weight excluding hydrogens is 198 g/mol. The molecule has 0 unspecified atom stereocenters. The summed E-state index contributed by atoms with van der Waals surface area (Å²) < 4.78 is 2.15. The van der Waals surface area contributed by atoms with Gasteiger partial charge >= 0.3 is 0 Å². The molecule has 1 rings (SSSR count). The van der Waals surface area contributed by atoms with Crippen LogP contribution in [0.15, 0.2) is 0 Å². The summed E-state index contributed by atoms with van der Waals surface area (Å²) in [6.45, 7) is 11.8. The summed E-state index contributed by atoms with van der Waals surface area (Å²) in [6.07, 6.45) is 3.78. The fraction of sp³-hybridized carbons (Fsp3) is 0.769. The molecule has 0 aliphatic heterocycles. The summed E-state index contributed by atoms with van der Waals surface area (Å²) in [5.41, 5.74) is 3.84. The summed E-state index contributed by atoms with van der Waals surface area (Å²) in [5.74, 6) is 0. The molecule has 1 aromatic heterocycles. The van der Waals surface area contributed by atoms with Crippen molar-refractivity contribution in [1.82, 2.24) is 15.1 Å². The summed E-state index contributed by atoms with van der Waals surface area (Å²) in [4.78, 5) is 0. The van der Waals surface area contributed by atoms with Gasteiger partial charge in [-0.2, -0.15) is 5.10 Å². The van der Waals surface area contributed by atoms with E-state index in [1.165, 1.54) is 36.2 Å². The first kappa shape index (κ1) is 13.2. The van der Waals surface area contributed by atoms with Crippen molar-refractivity contribution in [2.45, 2.75) is 53.5 Å². The Balaban J connectivity index is 2.24. The van der Waals surface area contributed by atoms with E-state index < -0.39 is 0 Å². The molecule has 0 amide bonds. The SMILES string of the molecule is CCNCCCCCn1nc(C)c(C)c1C. The van der Waals surface area contributed by atoms with Gasteiger partial charge in [0.05, 0.1) is 5.69 Å². The van der Waals surface area contributed by atoms with Crippen LogP contribution in [-0.4, -0.2) is 22.9 Å². The van der Waals surface area contributed by atoms with Gasteiger partial charge in [0.1, 0.15) is 0 Å². The van der Waals surface area contributed by atoms with E-state index in [0.29, 0.717) is 0 Å². The van der Waals surface area contributed by atoms with E-state index in [0.717, 1.165) is 19.6 Å². The average Bonchev–Trinajstić information content (AvgIpc) is 2.51. The molecule has 3 nitrogen and oxygen atoms in total. The van der Waals surface area contributed by atoms with Crippen molar-refractivity contribution in [1.29, 1.82) is 0 Å². The quantitative estimate of drug-likeness (QED) is 0.720. The van der Waals surface area contributed by atoms with Crippen LogP contribution in [0.2, 0.25) is 0 Å². The van der Waals surface area contributed by atoms with Gasteiger partial charge in [0.2, 0.25) is 0 Å². The molecule has 0 atom stereocenters. The van der Waals surface area contributed by atoms with Gasteiger partial charge < -0.3 is 5.32 Å². The van der Waals surface area contributed by atoms with Crippen molar-refractivity contribution >= 4 is 0 Å². The average molecular weight is 223 g/mol. The van der Waals surface area contributed by atoms with Crippen LogP contribution in [0.5, 0.6) is 0 Å². The third-order valence-corrected chi connectivity index (χ3v) is 3.22. The fourth-order valence-corrected chi connectivity index (χ4v) is 1.87. The molecule has 1 N–H and O–H groups in total. The lowest BCUT2D eigenvalue weighted by Crippen LogP contribution is -2.14. The van der Waals surface area contributed by atoms with E-state index in [1.54, 1.807) is 0 Å². The molecule has 1 aromatic rings. The van der Waals surface area contributed by atoms with Gasteiger partial charge in [0.15, 0.2) is 0 Å². The lowest BCUT2D eigenvalue weighted by molar-refractivity contribution is 0.522. The summed E-state index contributed by atoms with van der Waals surface area (Å²) >= 11 is 0. The molecular formula is C13H25N3. The number of hydrogen-bond donors (Lipinski definition) is 1. The van der Waals surface area contributed by atoms with Crippen molar-refractivity contribution in [2.75, 3.05) is 13.1 Å². The van der Waals surface area contributed by atoms with Crippen LogP contribution in [0.3, 0.4) is 0 Å². The van der Waals surface area contributed by atoms with E-state index in [4.69, 9.17) is 0 Å². The first-order valence-corrected chi connectivity index (χ1v) is 6.38. The minimum atomic E-state index is 1.06. The molecule has 0 radical (unpaired) electrons. The minimum absolute atomic E-state index is 1.06. The Morgan fingerprint density at radius 3 is 2.44 bits per heavy atom. The highest BCUT2D eigenvalue weighted by Crippen LogP contribution is 2.11. The molecule has 1 heterocycles. The van der Waals surface area contributed by atoms with Crippen molar-refractivity contribution in [3.8, 4) is 0 Å². The number of nitrogens with one attached hydrogen (secondary N) is 1. The van der Waals surface area contributed by atoms with Gasteiger partial charge in [-0.3, -0.25) is 4.68 Å². The van der Waals surface area contributed by atoms with Crippen LogP contribution >= 0.6 is 0 Å². The zero-order valence-corrected chi connectivity index (χ0v) is 11.1. The predicted molar refractivity (Wildman–Crippen MR) is 68.8 cm³/mol. The highest BCUT2D eigenvalue weighted by molar-refractivity contribution is 5.21. The smallest absolute Gasteiger partial charge is 0.0625 e. The number of unbranched alkanes of at least 4 members (excludes halogenated alkanes) is 2. The molecule has 0 aliphatic rings. The second-order valence-corrected chi connectivity index (χ2v) is 4.43. The molecule has 3 heteroatoms. The van der Waals surface area contributed by atoms with Gasteiger partial charge in [0.25, 0.3) is 0 Å². The van der Waals surface area contributed by atoms with Crippen LogP contribution in [0, 0.1) is 20.8 Å². The van der Waals surface area contributed by atoms with E-state index in [1.807, 2.05) is 0 Å². The van der Waals surface area contributed by atoms with Crippen molar-refractivity contribution in [2.24, 2.45) is 0 Å². The van der Waals surface area contributed by atoms with E-state index in [9.17, 15) is 0 Å². The Morgan fingerprint density at radius 1 is 1.12 bits per heavy atom. The molecule has 0 spiro atoms. The Bertz CT molecular complexity index is 315. The van der Waals surface area contributed by atoms with Gasteiger partial charge in [-0.05, 0) is 52.3 Å². The maximum Gasteiger partial charge on any atom is 0.0625 e. The van der Waals surface area contributed by atoms with Crippen molar-refractivity contribution in [3.05, 3.63) is 17.0 Å². The topological polar surface area (TPSA) is 29.9 Å². The normalized spacial score (nSPS) is 11.0. The standard InChI is InChI=1S/C13H25N3/c1-5-14-9-7-6-8-10-16-13(4)11(2)12(3)15-16/h14H,5-10H2,1-4H3. The van der Waals surface area contributed by atoms with E-state index >= 15 is 0 Å². The summed E-state index contributed by atoms with van der Waals surface area (Å²) in [7, 11) is 0.